The van der Waals surface area contributed by atoms with Crippen LogP contribution in [0.3, 0.4) is 0 Å². The molecule has 5 heteroatoms. The number of rotatable bonds is 4. The molecule has 2 aromatic rings. The first-order valence-electron chi connectivity index (χ1n) is 9.00. The molecule has 0 aliphatic carbocycles. The Labute approximate surface area is 166 Å². The number of hydrogen-bond acceptors (Lipinski definition) is 2. The van der Waals surface area contributed by atoms with Crippen LogP contribution in [0.25, 0.3) is 10.8 Å². The van der Waals surface area contributed by atoms with Gasteiger partial charge in [-0.25, -0.2) is 4.99 Å². The maximum atomic E-state index is 5.94. The molecule has 0 saturated carbocycles. The van der Waals surface area contributed by atoms with E-state index in [2.05, 4.69) is 60.0 Å². The molecule has 0 radical (unpaired) electrons. The molecule has 25 heavy (non-hydrogen) atoms. The molecule has 2 fully saturated rings. The average molecular weight is 451 g/mol. The first-order chi connectivity index (χ1) is 11.8. The highest BCUT2D eigenvalue weighted by molar-refractivity contribution is 14.0. The first kappa shape index (κ1) is 18.5. The maximum Gasteiger partial charge on any atom is 0.191 e. The van der Waals surface area contributed by atoms with Crippen molar-refractivity contribution in [1.82, 2.24) is 10.6 Å². The summed E-state index contributed by atoms with van der Waals surface area (Å²) >= 11 is 0. The number of fused-ring (bicyclic) bond motifs is 3. The summed E-state index contributed by atoms with van der Waals surface area (Å²) in [6.45, 7) is 3.65. The van der Waals surface area contributed by atoms with Gasteiger partial charge in [0.05, 0.1) is 24.8 Å². The number of hydrogen-bond donors (Lipinski definition) is 2. The van der Waals surface area contributed by atoms with Crippen LogP contribution in [0.2, 0.25) is 0 Å². The van der Waals surface area contributed by atoms with Crippen molar-refractivity contribution in [3.63, 3.8) is 0 Å². The van der Waals surface area contributed by atoms with Gasteiger partial charge in [-0.05, 0) is 42.5 Å². The molecular weight excluding hydrogens is 425 g/mol. The Morgan fingerprint density at radius 3 is 2.76 bits per heavy atom. The molecule has 0 amide bonds. The number of nitrogens with one attached hydrogen (secondary N) is 2. The zero-order valence-electron chi connectivity index (χ0n) is 14.6. The number of benzene rings is 2. The van der Waals surface area contributed by atoms with E-state index in [1.54, 1.807) is 0 Å². The number of halogens is 1. The van der Waals surface area contributed by atoms with Crippen molar-refractivity contribution in [2.45, 2.75) is 51.0 Å². The Bertz CT molecular complexity index is 743. The summed E-state index contributed by atoms with van der Waals surface area (Å²) in [6, 6.07) is 15.3. The summed E-state index contributed by atoms with van der Waals surface area (Å²) < 4.78 is 5.94. The second-order valence-corrected chi connectivity index (χ2v) is 6.69. The Hall–Kier alpha value is -1.34. The number of aliphatic imine (C=N–C) groups is 1. The van der Waals surface area contributed by atoms with Gasteiger partial charge in [-0.2, -0.15) is 0 Å². The molecule has 2 bridgehead atoms. The Kier molecular flexibility index (Phi) is 6.17. The van der Waals surface area contributed by atoms with Crippen molar-refractivity contribution in [3.05, 3.63) is 48.0 Å². The van der Waals surface area contributed by atoms with Crippen molar-refractivity contribution in [2.75, 3.05) is 6.54 Å². The third-order valence-corrected chi connectivity index (χ3v) is 5.06. The van der Waals surface area contributed by atoms with Crippen LogP contribution in [0.4, 0.5) is 0 Å². The van der Waals surface area contributed by atoms with E-state index in [0.29, 0.717) is 24.8 Å². The lowest BCUT2D eigenvalue weighted by molar-refractivity contribution is 0.0992. The van der Waals surface area contributed by atoms with E-state index in [0.717, 1.165) is 18.9 Å². The van der Waals surface area contributed by atoms with Gasteiger partial charge in [-0.1, -0.05) is 42.5 Å². The van der Waals surface area contributed by atoms with Crippen LogP contribution < -0.4 is 10.6 Å². The molecule has 4 rings (SSSR count). The molecule has 2 saturated heterocycles. The van der Waals surface area contributed by atoms with Gasteiger partial charge in [0.15, 0.2) is 5.96 Å². The fourth-order valence-electron chi connectivity index (χ4n) is 3.88. The van der Waals surface area contributed by atoms with Crippen molar-refractivity contribution in [2.24, 2.45) is 4.99 Å². The monoisotopic (exact) mass is 451 g/mol. The molecule has 2 aliphatic heterocycles. The highest BCUT2D eigenvalue weighted by Crippen LogP contribution is 2.34. The zero-order valence-corrected chi connectivity index (χ0v) is 16.9. The molecule has 2 heterocycles. The molecule has 2 aliphatic rings. The molecule has 3 unspecified atom stereocenters. The predicted molar refractivity (Wildman–Crippen MR) is 114 cm³/mol. The number of ether oxygens (including phenoxy) is 1. The van der Waals surface area contributed by atoms with E-state index >= 15 is 0 Å². The van der Waals surface area contributed by atoms with Crippen molar-refractivity contribution < 1.29 is 4.74 Å². The second-order valence-electron chi connectivity index (χ2n) is 6.69. The van der Waals surface area contributed by atoms with Gasteiger partial charge in [0.25, 0.3) is 0 Å². The van der Waals surface area contributed by atoms with E-state index < -0.39 is 0 Å². The van der Waals surface area contributed by atoms with E-state index in [4.69, 9.17) is 9.73 Å². The summed E-state index contributed by atoms with van der Waals surface area (Å²) in [5.74, 6) is 0.895. The van der Waals surface area contributed by atoms with E-state index in [-0.39, 0.29) is 24.0 Å². The van der Waals surface area contributed by atoms with Gasteiger partial charge in [0.1, 0.15) is 0 Å². The minimum Gasteiger partial charge on any atom is -0.373 e. The first-order valence-corrected chi connectivity index (χ1v) is 9.00. The van der Waals surface area contributed by atoms with Crippen molar-refractivity contribution in [1.29, 1.82) is 0 Å². The summed E-state index contributed by atoms with van der Waals surface area (Å²) in [4.78, 5) is 4.82. The quantitative estimate of drug-likeness (QED) is 0.422. The topological polar surface area (TPSA) is 45.7 Å². The lowest BCUT2D eigenvalue weighted by Crippen LogP contribution is -2.47. The van der Waals surface area contributed by atoms with Gasteiger partial charge >= 0.3 is 0 Å². The van der Waals surface area contributed by atoms with Crippen LogP contribution >= 0.6 is 24.0 Å². The standard InChI is InChI=1S/C20H25N3O.HI/c1-2-21-20(23-18-12-16-10-11-19(18)24-16)22-13-15-8-5-7-14-6-3-4-9-17(14)15;/h3-9,16,18-19H,2,10-13H2,1H3,(H2,21,22,23);1H. The molecular formula is C20H26IN3O. The second kappa shape index (κ2) is 8.36. The van der Waals surface area contributed by atoms with Crippen LogP contribution in [-0.4, -0.2) is 30.8 Å². The normalized spacial score (nSPS) is 25.0. The fourth-order valence-corrected chi connectivity index (χ4v) is 3.88. The highest BCUT2D eigenvalue weighted by Gasteiger charge is 2.41. The highest BCUT2D eigenvalue weighted by atomic mass is 127. The Morgan fingerprint density at radius 1 is 1.16 bits per heavy atom. The zero-order chi connectivity index (χ0) is 16.4. The third kappa shape index (κ3) is 4.08. The molecule has 134 valence electrons. The Balaban J connectivity index is 0.00000182. The van der Waals surface area contributed by atoms with Gasteiger partial charge < -0.3 is 15.4 Å². The van der Waals surface area contributed by atoms with E-state index in [9.17, 15) is 0 Å². The van der Waals surface area contributed by atoms with Crippen LogP contribution in [-0.2, 0) is 11.3 Å². The van der Waals surface area contributed by atoms with Crippen LogP contribution in [0.15, 0.2) is 47.5 Å². The van der Waals surface area contributed by atoms with Crippen LogP contribution in [0, 0.1) is 0 Å². The maximum absolute atomic E-state index is 5.94. The number of guanidine groups is 1. The summed E-state index contributed by atoms with van der Waals surface area (Å²) in [5.41, 5.74) is 1.26. The minimum absolute atomic E-state index is 0. The van der Waals surface area contributed by atoms with Crippen LogP contribution in [0.1, 0.15) is 31.7 Å². The Morgan fingerprint density at radius 2 is 2.00 bits per heavy atom. The van der Waals surface area contributed by atoms with E-state index in [1.165, 1.54) is 29.2 Å². The van der Waals surface area contributed by atoms with Gasteiger partial charge in [0.2, 0.25) is 0 Å². The van der Waals surface area contributed by atoms with Gasteiger partial charge in [-0.15, -0.1) is 24.0 Å². The smallest absolute Gasteiger partial charge is 0.191 e. The number of nitrogens with zero attached hydrogens (tertiary/aromatic N) is 1. The third-order valence-electron chi connectivity index (χ3n) is 5.06. The summed E-state index contributed by atoms with van der Waals surface area (Å²) in [6.07, 6.45) is 4.30. The van der Waals surface area contributed by atoms with Crippen molar-refractivity contribution >= 4 is 40.7 Å². The average Bonchev–Trinajstić information content (AvgIpc) is 3.23. The molecule has 2 N–H and O–H groups in total. The molecule has 2 aromatic carbocycles. The summed E-state index contributed by atoms with van der Waals surface area (Å²) in [5, 5.41) is 9.50. The van der Waals surface area contributed by atoms with Gasteiger partial charge in [-0.3, -0.25) is 0 Å². The molecule has 3 atom stereocenters. The predicted octanol–water partition coefficient (Wildman–Crippen LogP) is 3.83. The fraction of sp³-hybridized carbons (Fsp3) is 0.450. The minimum atomic E-state index is 0. The van der Waals surface area contributed by atoms with Crippen molar-refractivity contribution in [3.8, 4) is 0 Å². The van der Waals surface area contributed by atoms with E-state index in [1.807, 2.05) is 0 Å². The lowest BCUT2D eigenvalue weighted by Gasteiger charge is -2.22. The molecule has 0 aromatic heterocycles. The summed E-state index contributed by atoms with van der Waals surface area (Å²) in [7, 11) is 0. The molecule has 0 spiro atoms. The largest absolute Gasteiger partial charge is 0.373 e. The van der Waals surface area contributed by atoms with Gasteiger partial charge in [0, 0.05) is 6.54 Å². The molecule has 4 nitrogen and oxygen atoms in total. The SMILES string of the molecule is CCNC(=NCc1cccc2ccccc12)NC1CC2CCC1O2.I. The van der Waals surface area contributed by atoms with Crippen LogP contribution in [0.5, 0.6) is 0 Å². The lowest BCUT2D eigenvalue weighted by atomic mass is 9.96.